The average Bonchev–Trinajstić information content (AvgIpc) is 2.47. The molecule has 0 spiro atoms. The Bertz CT molecular complexity index is 686. The minimum Gasteiger partial charge on any atom is -0.207 e. The lowest BCUT2D eigenvalue weighted by Gasteiger charge is -2.25. The van der Waals surface area contributed by atoms with Gasteiger partial charge >= 0.3 is 0 Å². The Morgan fingerprint density at radius 1 is 1.00 bits per heavy atom. The summed E-state index contributed by atoms with van der Waals surface area (Å²) < 4.78 is 27.3. The van der Waals surface area contributed by atoms with Crippen LogP contribution in [0, 0.1) is 0 Å². The Labute approximate surface area is 128 Å². The lowest BCUT2D eigenvalue weighted by Crippen LogP contribution is -2.30. The van der Waals surface area contributed by atoms with Crippen LogP contribution < -0.4 is 0 Å². The van der Waals surface area contributed by atoms with E-state index in [4.69, 9.17) is 0 Å². The molecule has 0 saturated heterocycles. The Kier molecular flexibility index (Phi) is 4.62. The Morgan fingerprint density at radius 3 is 2.15 bits per heavy atom. The van der Waals surface area contributed by atoms with E-state index in [1.807, 2.05) is 37.3 Å². The van der Waals surface area contributed by atoms with Crippen LogP contribution in [-0.4, -0.2) is 19.8 Å². The van der Waals surface area contributed by atoms with Crippen molar-refractivity contribution < 1.29 is 8.42 Å². The molecular weight excluding hydrogens is 338 g/mol. The van der Waals surface area contributed by atoms with Crippen molar-refractivity contribution in [2.75, 3.05) is 7.05 Å². The molecule has 0 aliphatic carbocycles. The monoisotopic (exact) mass is 353 g/mol. The van der Waals surface area contributed by atoms with Gasteiger partial charge in [-0.15, -0.1) is 0 Å². The average molecular weight is 354 g/mol. The SMILES string of the molecule is CC(c1ccccc1)N(C)S(=O)(=O)c1ccccc1Br. The fourth-order valence-electron chi connectivity index (χ4n) is 1.96. The van der Waals surface area contributed by atoms with Gasteiger partial charge in [0.15, 0.2) is 0 Å². The summed E-state index contributed by atoms with van der Waals surface area (Å²) in [6, 6.07) is 16.2. The van der Waals surface area contributed by atoms with Gasteiger partial charge in [0.2, 0.25) is 10.0 Å². The van der Waals surface area contributed by atoms with Gasteiger partial charge < -0.3 is 0 Å². The molecule has 1 unspecified atom stereocenters. The Hall–Kier alpha value is -1.17. The van der Waals surface area contributed by atoms with E-state index in [0.717, 1.165) is 5.56 Å². The number of rotatable bonds is 4. The summed E-state index contributed by atoms with van der Waals surface area (Å²) in [4.78, 5) is 0.283. The first-order valence-electron chi connectivity index (χ1n) is 6.22. The van der Waals surface area contributed by atoms with Crippen molar-refractivity contribution in [2.24, 2.45) is 0 Å². The number of benzene rings is 2. The maximum absolute atomic E-state index is 12.7. The molecule has 3 nitrogen and oxygen atoms in total. The van der Waals surface area contributed by atoms with Crippen molar-refractivity contribution in [2.45, 2.75) is 17.9 Å². The topological polar surface area (TPSA) is 37.4 Å². The summed E-state index contributed by atoms with van der Waals surface area (Å²) >= 11 is 3.30. The summed E-state index contributed by atoms with van der Waals surface area (Å²) in [5.74, 6) is 0. The van der Waals surface area contributed by atoms with Crippen molar-refractivity contribution >= 4 is 26.0 Å². The zero-order chi connectivity index (χ0) is 14.8. The normalized spacial score (nSPS) is 13.4. The Balaban J connectivity index is 2.38. The number of sulfonamides is 1. The molecule has 2 aromatic carbocycles. The predicted octanol–water partition coefficient (Wildman–Crippen LogP) is 3.83. The standard InChI is InChI=1S/C15H16BrNO2S/c1-12(13-8-4-3-5-9-13)17(2)20(18,19)15-11-7-6-10-14(15)16/h3-12H,1-2H3. The van der Waals surface area contributed by atoms with Crippen LogP contribution in [0.1, 0.15) is 18.5 Å². The molecule has 0 aromatic heterocycles. The highest BCUT2D eigenvalue weighted by molar-refractivity contribution is 9.10. The van der Waals surface area contributed by atoms with Crippen molar-refractivity contribution in [3.63, 3.8) is 0 Å². The van der Waals surface area contributed by atoms with Crippen molar-refractivity contribution in [3.8, 4) is 0 Å². The van der Waals surface area contributed by atoms with Crippen molar-refractivity contribution in [3.05, 3.63) is 64.6 Å². The van der Waals surface area contributed by atoms with Crippen LogP contribution in [0.3, 0.4) is 0 Å². The van der Waals surface area contributed by atoms with Gasteiger partial charge in [-0.25, -0.2) is 8.42 Å². The summed E-state index contributed by atoms with van der Waals surface area (Å²) in [7, 11) is -1.93. The molecule has 0 aliphatic rings. The minimum absolute atomic E-state index is 0.228. The van der Waals surface area contributed by atoms with E-state index in [1.54, 1.807) is 31.3 Å². The second-order valence-electron chi connectivity index (χ2n) is 4.54. The highest BCUT2D eigenvalue weighted by Gasteiger charge is 2.27. The molecule has 106 valence electrons. The molecule has 0 aliphatic heterocycles. The number of nitrogens with zero attached hydrogens (tertiary/aromatic N) is 1. The number of halogens is 1. The largest absolute Gasteiger partial charge is 0.244 e. The first kappa shape index (κ1) is 15.2. The summed E-state index contributed by atoms with van der Waals surface area (Å²) in [6.45, 7) is 1.88. The molecule has 0 heterocycles. The molecule has 0 radical (unpaired) electrons. The molecule has 0 saturated carbocycles. The van der Waals surface area contributed by atoms with Crippen LogP contribution in [0.2, 0.25) is 0 Å². The zero-order valence-corrected chi connectivity index (χ0v) is 13.7. The molecule has 20 heavy (non-hydrogen) atoms. The molecule has 5 heteroatoms. The summed E-state index contributed by atoms with van der Waals surface area (Å²) in [6.07, 6.45) is 0. The smallest absolute Gasteiger partial charge is 0.207 e. The molecule has 0 amide bonds. The quantitative estimate of drug-likeness (QED) is 0.837. The molecule has 0 N–H and O–H groups in total. The van der Waals surface area contributed by atoms with Gasteiger partial charge in [-0.2, -0.15) is 4.31 Å². The van der Waals surface area contributed by atoms with E-state index in [2.05, 4.69) is 15.9 Å². The first-order valence-corrected chi connectivity index (χ1v) is 8.45. The van der Waals surface area contributed by atoms with Crippen LogP contribution in [0.4, 0.5) is 0 Å². The predicted molar refractivity (Wildman–Crippen MR) is 83.9 cm³/mol. The molecule has 2 rings (SSSR count). The van der Waals surface area contributed by atoms with E-state index < -0.39 is 10.0 Å². The van der Waals surface area contributed by atoms with Crippen LogP contribution in [0.25, 0.3) is 0 Å². The van der Waals surface area contributed by atoms with Gasteiger partial charge in [0.25, 0.3) is 0 Å². The van der Waals surface area contributed by atoms with Crippen molar-refractivity contribution in [1.29, 1.82) is 0 Å². The third-order valence-corrected chi connectivity index (χ3v) is 6.26. The van der Waals surface area contributed by atoms with Gasteiger partial charge in [0.05, 0.1) is 4.90 Å². The first-order chi connectivity index (χ1) is 9.44. The van der Waals surface area contributed by atoms with E-state index in [0.29, 0.717) is 4.47 Å². The molecule has 2 aromatic rings. The lowest BCUT2D eigenvalue weighted by atomic mass is 10.1. The number of hydrogen-bond acceptors (Lipinski definition) is 2. The third-order valence-electron chi connectivity index (χ3n) is 3.32. The molecule has 1 atom stereocenters. The van der Waals surface area contributed by atoms with Gasteiger partial charge in [-0.3, -0.25) is 0 Å². The third kappa shape index (κ3) is 2.95. The van der Waals surface area contributed by atoms with E-state index in [-0.39, 0.29) is 10.9 Å². The highest BCUT2D eigenvalue weighted by Crippen LogP contribution is 2.29. The van der Waals surface area contributed by atoms with Gasteiger partial charge in [-0.05, 0) is 40.5 Å². The zero-order valence-electron chi connectivity index (χ0n) is 11.3. The summed E-state index contributed by atoms with van der Waals surface area (Å²) in [5.41, 5.74) is 0.964. The van der Waals surface area contributed by atoms with E-state index in [9.17, 15) is 8.42 Å². The van der Waals surface area contributed by atoms with E-state index >= 15 is 0 Å². The highest BCUT2D eigenvalue weighted by atomic mass is 79.9. The van der Waals surface area contributed by atoms with Crippen LogP contribution >= 0.6 is 15.9 Å². The van der Waals surface area contributed by atoms with Gasteiger partial charge in [0, 0.05) is 17.6 Å². The minimum atomic E-state index is -3.53. The second kappa shape index (κ2) is 6.08. The van der Waals surface area contributed by atoms with Crippen LogP contribution in [0.15, 0.2) is 64.0 Å². The lowest BCUT2D eigenvalue weighted by molar-refractivity contribution is 0.398. The molecule has 0 fully saturated rings. The van der Waals surface area contributed by atoms with Crippen LogP contribution in [-0.2, 0) is 10.0 Å². The molecular formula is C15H16BrNO2S. The van der Waals surface area contributed by atoms with Crippen molar-refractivity contribution in [1.82, 2.24) is 4.31 Å². The van der Waals surface area contributed by atoms with E-state index in [1.165, 1.54) is 4.31 Å². The van der Waals surface area contributed by atoms with Crippen LogP contribution in [0.5, 0.6) is 0 Å². The van der Waals surface area contributed by atoms with Gasteiger partial charge in [-0.1, -0.05) is 42.5 Å². The summed E-state index contributed by atoms with van der Waals surface area (Å²) in [5, 5.41) is 0. The Morgan fingerprint density at radius 2 is 1.55 bits per heavy atom. The van der Waals surface area contributed by atoms with Gasteiger partial charge in [0.1, 0.15) is 0 Å². The molecule has 0 bridgehead atoms. The fraction of sp³-hybridized carbons (Fsp3) is 0.200. The second-order valence-corrected chi connectivity index (χ2v) is 7.36. The number of hydrogen-bond donors (Lipinski definition) is 0. The fourth-order valence-corrected chi connectivity index (χ4v) is 4.27. The maximum atomic E-state index is 12.7. The maximum Gasteiger partial charge on any atom is 0.244 e.